The van der Waals surface area contributed by atoms with Crippen LogP contribution in [0.3, 0.4) is 0 Å². The molecule has 0 saturated carbocycles. The van der Waals surface area contributed by atoms with Gasteiger partial charge in [-0.2, -0.15) is 0 Å². The lowest BCUT2D eigenvalue weighted by Crippen LogP contribution is -2.25. The number of aromatic nitrogens is 3. The van der Waals surface area contributed by atoms with Crippen molar-refractivity contribution in [1.29, 1.82) is 0 Å². The molecule has 2 aromatic heterocycles. The molecule has 0 amide bonds. The molecule has 122 valence electrons. The molecule has 1 aliphatic carbocycles. The molecule has 0 spiro atoms. The molecular formula is C20H22N4. The van der Waals surface area contributed by atoms with E-state index in [1.54, 1.807) is 0 Å². The summed E-state index contributed by atoms with van der Waals surface area (Å²) in [5, 5.41) is 3.72. The van der Waals surface area contributed by atoms with Crippen LogP contribution >= 0.6 is 0 Å². The van der Waals surface area contributed by atoms with Crippen molar-refractivity contribution in [3.05, 3.63) is 83.7 Å². The fourth-order valence-electron chi connectivity index (χ4n) is 3.49. The SMILES string of the molecule is c1cc(CNC2CCCc3ncccc32)cc(Cn2ccnc2)c1. The summed E-state index contributed by atoms with van der Waals surface area (Å²) in [6, 6.07) is 13.5. The van der Waals surface area contributed by atoms with Gasteiger partial charge in [0.05, 0.1) is 6.33 Å². The van der Waals surface area contributed by atoms with Crippen molar-refractivity contribution in [3.8, 4) is 0 Å². The predicted molar refractivity (Wildman–Crippen MR) is 94.5 cm³/mol. The van der Waals surface area contributed by atoms with Crippen LogP contribution < -0.4 is 5.32 Å². The first-order valence-electron chi connectivity index (χ1n) is 8.59. The first-order chi connectivity index (χ1) is 11.9. The second-order valence-corrected chi connectivity index (χ2v) is 6.42. The fraction of sp³-hybridized carbons (Fsp3) is 0.300. The zero-order chi connectivity index (χ0) is 16.2. The van der Waals surface area contributed by atoms with Gasteiger partial charge in [-0.15, -0.1) is 0 Å². The van der Waals surface area contributed by atoms with Crippen LogP contribution in [0.5, 0.6) is 0 Å². The number of aryl methyl sites for hydroxylation is 1. The Morgan fingerprint density at radius 1 is 1.12 bits per heavy atom. The maximum absolute atomic E-state index is 4.53. The standard InChI is InChI=1S/C20H22N4/c1-4-16(12-17(5-1)14-24-11-10-21-15-24)13-23-20-8-2-7-19-18(20)6-3-9-22-19/h1,3-6,9-12,15,20,23H,2,7-8,13-14H2. The van der Waals surface area contributed by atoms with Crippen molar-refractivity contribution in [2.75, 3.05) is 0 Å². The smallest absolute Gasteiger partial charge is 0.0949 e. The molecule has 1 atom stereocenters. The lowest BCUT2D eigenvalue weighted by molar-refractivity contribution is 0.454. The molecule has 0 fully saturated rings. The number of rotatable bonds is 5. The molecule has 0 saturated heterocycles. The van der Waals surface area contributed by atoms with Gasteiger partial charge in [0, 0.05) is 43.4 Å². The third kappa shape index (κ3) is 3.39. The Morgan fingerprint density at radius 3 is 3.00 bits per heavy atom. The highest BCUT2D eigenvalue weighted by Gasteiger charge is 2.20. The summed E-state index contributed by atoms with van der Waals surface area (Å²) < 4.78 is 2.09. The summed E-state index contributed by atoms with van der Waals surface area (Å²) in [5.41, 5.74) is 5.26. The molecule has 1 aromatic carbocycles. The highest BCUT2D eigenvalue weighted by atomic mass is 15.0. The van der Waals surface area contributed by atoms with Crippen molar-refractivity contribution < 1.29 is 0 Å². The van der Waals surface area contributed by atoms with E-state index >= 15 is 0 Å². The van der Waals surface area contributed by atoms with Crippen LogP contribution in [0, 0.1) is 0 Å². The molecule has 1 aliphatic rings. The van der Waals surface area contributed by atoms with Gasteiger partial charge in [0.1, 0.15) is 0 Å². The van der Waals surface area contributed by atoms with Gasteiger partial charge in [-0.05, 0) is 42.0 Å². The zero-order valence-electron chi connectivity index (χ0n) is 13.7. The van der Waals surface area contributed by atoms with E-state index in [1.165, 1.54) is 35.2 Å². The molecule has 0 aliphatic heterocycles. The molecule has 4 heteroatoms. The highest BCUT2D eigenvalue weighted by Crippen LogP contribution is 2.28. The number of imidazole rings is 1. The molecule has 4 rings (SSSR count). The number of pyridine rings is 1. The lowest BCUT2D eigenvalue weighted by Gasteiger charge is -2.25. The predicted octanol–water partition coefficient (Wildman–Crippen LogP) is 3.49. The first kappa shape index (κ1) is 15.1. The van der Waals surface area contributed by atoms with E-state index in [4.69, 9.17) is 0 Å². The van der Waals surface area contributed by atoms with E-state index in [-0.39, 0.29) is 0 Å². The van der Waals surface area contributed by atoms with E-state index in [2.05, 4.69) is 50.2 Å². The molecule has 1 unspecified atom stereocenters. The van der Waals surface area contributed by atoms with Gasteiger partial charge in [0.2, 0.25) is 0 Å². The quantitative estimate of drug-likeness (QED) is 0.783. The van der Waals surface area contributed by atoms with Crippen LogP contribution in [0.2, 0.25) is 0 Å². The Morgan fingerprint density at radius 2 is 2.08 bits per heavy atom. The average molecular weight is 318 g/mol. The minimum Gasteiger partial charge on any atom is -0.333 e. The number of hydrogen-bond donors (Lipinski definition) is 1. The summed E-state index contributed by atoms with van der Waals surface area (Å²) >= 11 is 0. The molecule has 0 radical (unpaired) electrons. The maximum Gasteiger partial charge on any atom is 0.0949 e. The largest absolute Gasteiger partial charge is 0.333 e. The normalized spacial score (nSPS) is 16.8. The minimum atomic E-state index is 0.416. The van der Waals surface area contributed by atoms with Gasteiger partial charge >= 0.3 is 0 Å². The first-order valence-corrected chi connectivity index (χ1v) is 8.59. The van der Waals surface area contributed by atoms with Crippen molar-refractivity contribution >= 4 is 0 Å². The van der Waals surface area contributed by atoms with E-state index in [0.29, 0.717) is 6.04 Å². The van der Waals surface area contributed by atoms with E-state index in [0.717, 1.165) is 19.5 Å². The Bertz CT molecular complexity index is 795. The van der Waals surface area contributed by atoms with Gasteiger partial charge in [0.25, 0.3) is 0 Å². The van der Waals surface area contributed by atoms with Crippen molar-refractivity contribution in [2.45, 2.75) is 38.4 Å². The number of fused-ring (bicyclic) bond motifs is 1. The number of benzene rings is 1. The highest BCUT2D eigenvalue weighted by molar-refractivity contribution is 5.27. The van der Waals surface area contributed by atoms with E-state index in [1.807, 2.05) is 31.0 Å². The van der Waals surface area contributed by atoms with Crippen molar-refractivity contribution in [2.24, 2.45) is 0 Å². The van der Waals surface area contributed by atoms with Gasteiger partial charge in [-0.25, -0.2) is 4.98 Å². The van der Waals surface area contributed by atoms with Crippen molar-refractivity contribution in [1.82, 2.24) is 19.9 Å². The van der Waals surface area contributed by atoms with Crippen LogP contribution in [0.15, 0.2) is 61.3 Å². The topological polar surface area (TPSA) is 42.7 Å². The number of hydrogen-bond acceptors (Lipinski definition) is 3. The third-order valence-corrected chi connectivity index (χ3v) is 4.68. The molecule has 4 nitrogen and oxygen atoms in total. The average Bonchev–Trinajstić information content (AvgIpc) is 3.13. The van der Waals surface area contributed by atoms with Gasteiger partial charge in [0.15, 0.2) is 0 Å². The lowest BCUT2D eigenvalue weighted by atomic mass is 9.91. The summed E-state index contributed by atoms with van der Waals surface area (Å²) in [5.74, 6) is 0. The molecule has 0 bridgehead atoms. The van der Waals surface area contributed by atoms with Crippen LogP contribution in [-0.4, -0.2) is 14.5 Å². The molecular weight excluding hydrogens is 296 g/mol. The Hall–Kier alpha value is -2.46. The van der Waals surface area contributed by atoms with Gasteiger partial charge in [-0.1, -0.05) is 30.3 Å². The van der Waals surface area contributed by atoms with Gasteiger partial charge < -0.3 is 9.88 Å². The zero-order valence-corrected chi connectivity index (χ0v) is 13.7. The molecule has 3 aromatic rings. The molecule has 2 heterocycles. The summed E-state index contributed by atoms with van der Waals surface area (Å²) in [6.45, 7) is 1.75. The van der Waals surface area contributed by atoms with Crippen LogP contribution in [0.25, 0.3) is 0 Å². The number of nitrogens with zero attached hydrogens (tertiary/aromatic N) is 3. The Kier molecular flexibility index (Phi) is 4.38. The van der Waals surface area contributed by atoms with E-state index < -0.39 is 0 Å². The van der Waals surface area contributed by atoms with Crippen LogP contribution in [0.1, 0.15) is 41.3 Å². The summed E-state index contributed by atoms with van der Waals surface area (Å²) in [6.07, 6.45) is 11.1. The summed E-state index contributed by atoms with van der Waals surface area (Å²) in [7, 11) is 0. The van der Waals surface area contributed by atoms with Crippen molar-refractivity contribution in [3.63, 3.8) is 0 Å². The monoisotopic (exact) mass is 318 g/mol. The Labute approximate surface area is 142 Å². The second-order valence-electron chi connectivity index (χ2n) is 6.42. The fourth-order valence-corrected chi connectivity index (χ4v) is 3.49. The van der Waals surface area contributed by atoms with E-state index in [9.17, 15) is 0 Å². The number of nitrogens with one attached hydrogen (secondary N) is 1. The van der Waals surface area contributed by atoms with Crippen LogP contribution in [-0.2, 0) is 19.5 Å². The van der Waals surface area contributed by atoms with Crippen LogP contribution in [0.4, 0.5) is 0 Å². The summed E-state index contributed by atoms with van der Waals surface area (Å²) in [4.78, 5) is 8.64. The molecule has 1 N–H and O–H groups in total. The minimum absolute atomic E-state index is 0.416. The second kappa shape index (κ2) is 6.97. The maximum atomic E-state index is 4.53. The third-order valence-electron chi connectivity index (χ3n) is 4.68. The van der Waals surface area contributed by atoms with Gasteiger partial charge in [-0.3, -0.25) is 4.98 Å². The Balaban J connectivity index is 1.43. The molecule has 24 heavy (non-hydrogen) atoms.